The Morgan fingerprint density at radius 3 is 2.33 bits per heavy atom. The lowest BCUT2D eigenvalue weighted by atomic mass is 10.1. The predicted molar refractivity (Wildman–Crippen MR) is 89.9 cm³/mol. The molecule has 7 nitrogen and oxygen atoms in total. The molecule has 0 spiro atoms. The summed E-state index contributed by atoms with van der Waals surface area (Å²) in [4.78, 5) is 23.1. The second-order valence-corrected chi connectivity index (χ2v) is 5.42. The van der Waals surface area contributed by atoms with Gasteiger partial charge in [0.25, 0.3) is 0 Å². The van der Waals surface area contributed by atoms with E-state index in [1.165, 1.54) is 5.01 Å². The Hall–Kier alpha value is -2.57. The van der Waals surface area contributed by atoms with Crippen LogP contribution in [0.25, 0.3) is 0 Å². The summed E-state index contributed by atoms with van der Waals surface area (Å²) in [5, 5.41) is 14.8. The highest BCUT2D eigenvalue weighted by Gasteiger charge is 2.18. The van der Waals surface area contributed by atoms with Gasteiger partial charge in [0.1, 0.15) is 18.0 Å². The topological polar surface area (TPSA) is 88.4 Å². The Bertz CT molecular complexity index is 581. The highest BCUT2D eigenvalue weighted by atomic mass is 16.5. The SMILES string of the molecule is CCOC(=O)CN(Cc1ccc(OC)cc1)N=C(C(=O)O)C(C)C. The van der Waals surface area contributed by atoms with Gasteiger partial charge >= 0.3 is 11.9 Å². The number of hydrazone groups is 1. The molecule has 0 radical (unpaired) electrons. The molecule has 132 valence electrons. The molecule has 0 unspecified atom stereocenters. The molecule has 0 aliphatic carbocycles. The number of aliphatic carboxylic acids is 1. The van der Waals surface area contributed by atoms with Crippen molar-refractivity contribution in [3.8, 4) is 5.75 Å². The fraction of sp³-hybridized carbons (Fsp3) is 0.471. The van der Waals surface area contributed by atoms with Gasteiger partial charge < -0.3 is 14.6 Å². The van der Waals surface area contributed by atoms with Crippen LogP contribution < -0.4 is 4.74 Å². The van der Waals surface area contributed by atoms with Crippen LogP contribution in [0.2, 0.25) is 0 Å². The summed E-state index contributed by atoms with van der Waals surface area (Å²) < 4.78 is 10.0. The highest BCUT2D eigenvalue weighted by molar-refractivity contribution is 6.36. The van der Waals surface area contributed by atoms with Gasteiger partial charge in [-0.15, -0.1) is 0 Å². The quantitative estimate of drug-likeness (QED) is 0.422. The van der Waals surface area contributed by atoms with Crippen molar-refractivity contribution in [2.45, 2.75) is 27.3 Å². The molecular weight excluding hydrogens is 312 g/mol. The first-order chi connectivity index (χ1) is 11.4. The molecule has 0 aliphatic rings. The fourth-order valence-electron chi connectivity index (χ4n) is 1.98. The first-order valence-electron chi connectivity index (χ1n) is 7.72. The molecule has 1 aromatic carbocycles. The van der Waals surface area contributed by atoms with Crippen molar-refractivity contribution in [2.75, 3.05) is 20.3 Å². The van der Waals surface area contributed by atoms with Crippen LogP contribution in [0.1, 0.15) is 26.3 Å². The van der Waals surface area contributed by atoms with Gasteiger partial charge in [-0.1, -0.05) is 26.0 Å². The maximum atomic E-state index is 11.8. The average molecular weight is 336 g/mol. The van der Waals surface area contributed by atoms with E-state index in [1.54, 1.807) is 40.0 Å². The van der Waals surface area contributed by atoms with Crippen molar-refractivity contribution in [3.05, 3.63) is 29.8 Å². The first kappa shape index (κ1) is 19.5. The summed E-state index contributed by atoms with van der Waals surface area (Å²) in [6, 6.07) is 7.26. The van der Waals surface area contributed by atoms with Gasteiger partial charge in [0, 0.05) is 5.92 Å². The van der Waals surface area contributed by atoms with Gasteiger partial charge in [0.05, 0.1) is 20.3 Å². The smallest absolute Gasteiger partial charge is 0.352 e. The Morgan fingerprint density at radius 2 is 1.88 bits per heavy atom. The van der Waals surface area contributed by atoms with Crippen molar-refractivity contribution in [1.82, 2.24) is 5.01 Å². The third-order valence-corrected chi connectivity index (χ3v) is 3.16. The summed E-state index contributed by atoms with van der Waals surface area (Å²) in [6.45, 7) is 5.61. The van der Waals surface area contributed by atoms with Crippen LogP contribution in [0.4, 0.5) is 0 Å². The number of carbonyl (C=O) groups excluding carboxylic acids is 1. The number of rotatable bonds is 9. The molecule has 0 bridgehead atoms. The average Bonchev–Trinajstić information content (AvgIpc) is 2.52. The number of methoxy groups -OCH3 is 1. The number of carboxylic acids is 1. The van der Waals surface area contributed by atoms with Crippen LogP contribution in [0.5, 0.6) is 5.75 Å². The number of hydrogen-bond donors (Lipinski definition) is 1. The van der Waals surface area contributed by atoms with Crippen molar-refractivity contribution in [3.63, 3.8) is 0 Å². The molecule has 0 aliphatic heterocycles. The molecular formula is C17H24N2O5. The van der Waals surface area contributed by atoms with Crippen molar-refractivity contribution >= 4 is 17.7 Å². The van der Waals surface area contributed by atoms with Crippen LogP contribution in [-0.2, 0) is 20.9 Å². The molecule has 24 heavy (non-hydrogen) atoms. The lowest BCUT2D eigenvalue weighted by molar-refractivity contribution is -0.144. The number of carbonyl (C=O) groups is 2. The van der Waals surface area contributed by atoms with Gasteiger partial charge in [0.2, 0.25) is 0 Å². The summed E-state index contributed by atoms with van der Waals surface area (Å²) in [7, 11) is 1.58. The molecule has 0 atom stereocenters. The third-order valence-electron chi connectivity index (χ3n) is 3.16. The van der Waals surface area contributed by atoms with E-state index in [2.05, 4.69) is 5.10 Å². The highest BCUT2D eigenvalue weighted by Crippen LogP contribution is 2.14. The van der Waals surface area contributed by atoms with Crippen LogP contribution in [0.3, 0.4) is 0 Å². The van der Waals surface area contributed by atoms with E-state index in [0.717, 1.165) is 5.56 Å². The van der Waals surface area contributed by atoms with Crippen LogP contribution in [0, 0.1) is 5.92 Å². The van der Waals surface area contributed by atoms with Crippen LogP contribution in [-0.4, -0.2) is 48.0 Å². The summed E-state index contributed by atoms with van der Waals surface area (Å²) in [5.41, 5.74) is 0.866. The number of hydrogen-bond acceptors (Lipinski definition) is 6. The minimum atomic E-state index is -1.10. The summed E-state index contributed by atoms with van der Waals surface area (Å²) in [5.74, 6) is -1.12. The number of carboxylic acid groups (broad SMARTS) is 1. The molecule has 0 heterocycles. The summed E-state index contributed by atoms with van der Waals surface area (Å²) in [6.07, 6.45) is 0. The van der Waals surface area contributed by atoms with Gasteiger partial charge in [-0.05, 0) is 24.6 Å². The standard InChI is InChI=1S/C17H24N2O5/c1-5-24-15(20)11-19(18-16(12(2)3)17(21)22)10-13-6-8-14(23-4)9-7-13/h6-9,12H,5,10-11H2,1-4H3,(H,21,22). The van der Waals surface area contributed by atoms with E-state index in [9.17, 15) is 14.7 Å². The Kier molecular flexibility index (Phi) is 7.74. The minimum absolute atomic E-state index is 0.00666. The molecule has 1 rings (SSSR count). The van der Waals surface area contributed by atoms with Crippen molar-refractivity contribution < 1.29 is 24.2 Å². The zero-order valence-electron chi connectivity index (χ0n) is 14.5. The fourth-order valence-corrected chi connectivity index (χ4v) is 1.98. The molecule has 7 heteroatoms. The lowest BCUT2D eigenvalue weighted by Crippen LogP contribution is -2.31. The molecule has 1 aromatic rings. The van der Waals surface area contributed by atoms with E-state index >= 15 is 0 Å². The van der Waals surface area contributed by atoms with Gasteiger partial charge in [-0.3, -0.25) is 9.80 Å². The number of nitrogens with zero attached hydrogens (tertiary/aromatic N) is 2. The van der Waals surface area contributed by atoms with E-state index < -0.39 is 11.9 Å². The normalized spacial score (nSPS) is 11.3. The molecule has 0 aromatic heterocycles. The lowest BCUT2D eigenvalue weighted by Gasteiger charge is -2.20. The molecule has 0 saturated carbocycles. The number of benzene rings is 1. The second-order valence-electron chi connectivity index (χ2n) is 5.42. The van der Waals surface area contributed by atoms with E-state index in [-0.39, 0.29) is 31.3 Å². The van der Waals surface area contributed by atoms with E-state index in [4.69, 9.17) is 9.47 Å². The maximum absolute atomic E-state index is 11.8. The van der Waals surface area contributed by atoms with Gasteiger partial charge in [-0.25, -0.2) is 4.79 Å². The zero-order chi connectivity index (χ0) is 18.1. The summed E-state index contributed by atoms with van der Waals surface area (Å²) >= 11 is 0. The predicted octanol–water partition coefficient (Wildman–Crippen LogP) is 2.16. The number of esters is 1. The monoisotopic (exact) mass is 336 g/mol. The molecule has 0 saturated heterocycles. The Balaban J connectivity index is 3.00. The third kappa shape index (κ3) is 6.28. The van der Waals surface area contributed by atoms with Crippen molar-refractivity contribution in [1.29, 1.82) is 0 Å². The largest absolute Gasteiger partial charge is 0.497 e. The Morgan fingerprint density at radius 1 is 1.25 bits per heavy atom. The zero-order valence-corrected chi connectivity index (χ0v) is 14.5. The Labute approximate surface area is 141 Å². The molecule has 1 N–H and O–H groups in total. The van der Waals surface area contributed by atoms with Crippen LogP contribution in [0.15, 0.2) is 29.4 Å². The molecule has 0 amide bonds. The van der Waals surface area contributed by atoms with E-state index in [1.807, 2.05) is 12.1 Å². The van der Waals surface area contributed by atoms with E-state index in [0.29, 0.717) is 5.75 Å². The van der Waals surface area contributed by atoms with Gasteiger partial charge in [0.15, 0.2) is 0 Å². The minimum Gasteiger partial charge on any atom is -0.497 e. The van der Waals surface area contributed by atoms with Crippen LogP contribution >= 0.6 is 0 Å². The first-order valence-corrected chi connectivity index (χ1v) is 7.72. The number of ether oxygens (including phenoxy) is 2. The van der Waals surface area contributed by atoms with Crippen molar-refractivity contribution in [2.24, 2.45) is 11.0 Å². The maximum Gasteiger partial charge on any atom is 0.352 e. The second kappa shape index (κ2) is 9.54. The van der Waals surface area contributed by atoms with Gasteiger partial charge in [-0.2, -0.15) is 5.10 Å². The molecule has 0 fully saturated rings.